The second-order valence-corrected chi connectivity index (χ2v) is 16.9. The van der Waals surface area contributed by atoms with Crippen LogP contribution in [0.2, 0.25) is 0 Å². The Morgan fingerprint density at radius 2 is 1.22 bits per heavy atom. The SMILES string of the molecule is CCCCCCCCCCCCCCC[C@@H](O)[C@H](COP(=O)(O)OCC[N+](C)(C)C)NC(=O)CCCCCCC/C=C\C=C\C(=O)CCCCC. The molecule has 1 unspecified atom stereocenters. The smallest absolute Gasteiger partial charge is 0.391 e. The van der Waals surface area contributed by atoms with Crippen molar-refractivity contribution in [3.8, 4) is 0 Å². The molecule has 0 saturated heterocycles. The Morgan fingerprint density at radius 3 is 1.80 bits per heavy atom. The van der Waals surface area contributed by atoms with Crippen molar-refractivity contribution in [3.05, 3.63) is 24.3 Å². The second kappa shape index (κ2) is 33.2. The van der Waals surface area contributed by atoms with Crippen LogP contribution in [0.5, 0.6) is 0 Å². The number of rotatable bonds is 37. The highest BCUT2D eigenvalue weighted by Crippen LogP contribution is 2.43. The molecule has 10 heteroatoms. The van der Waals surface area contributed by atoms with Gasteiger partial charge in [-0.1, -0.05) is 148 Å². The van der Waals surface area contributed by atoms with Crippen LogP contribution in [0.4, 0.5) is 0 Å². The van der Waals surface area contributed by atoms with Gasteiger partial charge < -0.3 is 19.8 Å². The number of quaternary nitrogens is 1. The van der Waals surface area contributed by atoms with Gasteiger partial charge in [-0.3, -0.25) is 18.6 Å². The van der Waals surface area contributed by atoms with Crippen molar-refractivity contribution in [3.63, 3.8) is 0 Å². The molecular weight excluding hydrogens is 663 g/mol. The number of aliphatic hydroxyl groups is 1. The summed E-state index contributed by atoms with van der Waals surface area (Å²) in [4.78, 5) is 34.8. The van der Waals surface area contributed by atoms with E-state index in [0.717, 1.165) is 77.0 Å². The lowest BCUT2D eigenvalue weighted by Crippen LogP contribution is -2.46. The number of nitrogens with one attached hydrogen (secondary N) is 1. The van der Waals surface area contributed by atoms with E-state index in [4.69, 9.17) is 9.05 Å². The molecule has 0 rings (SSSR count). The molecule has 0 aromatic heterocycles. The highest BCUT2D eigenvalue weighted by Gasteiger charge is 2.28. The van der Waals surface area contributed by atoms with Gasteiger partial charge in [-0.05, 0) is 38.2 Å². The number of allylic oxidation sites excluding steroid dienone is 4. The molecule has 0 aromatic rings. The monoisotopic (exact) mass is 744 g/mol. The maximum absolute atomic E-state index is 12.8. The summed E-state index contributed by atoms with van der Waals surface area (Å²) in [5, 5.41) is 13.9. The predicted octanol–water partition coefficient (Wildman–Crippen LogP) is 10.1. The number of carbonyl (C=O) groups is 2. The summed E-state index contributed by atoms with van der Waals surface area (Å²) in [7, 11) is 1.56. The fourth-order valence-electron chi connectivity index (χ4n) is 5.79. The molecule has 3 N–H and O–H groups in total. The molecule has 0 fully saturated rings. The number of nitrogens with zero attached hydrogens (tertiary/aromatic N) is 1. The summed E-state index contributed by atoms with van der Waals surface area (Å²) in [6, 6.07) is -0.787. The molecule has 0 radical (unpaired) electrons. The van der Waals surface area contributed by atoms with Crippen LogP contribution >= 0.6 is 7.82 Å². The third kappa shape index (κ3) is 35.4. The fraction of sp³-hybridized carbons (Fsp3) is 0.854. The number of phosphoric acid groups is 1. The van der Waals surface area contributed by atoms with Gasteiger partial charge in [0, 0.05) is 12.8 Å². The zero-order chi connectivity index (χ0) is 38.1. The van der Waals surface area contributed by atoms with E-state index in [2.05, 4.69) is 25.2 Å². The van der Waals surface area contributed by atoms with E-state index in [-0.39, 0.29) is 24.9 Å². The topological polar surface area (TPSA) is 122 Å². The van der Waals surface area contributed by atoms with Crippen molar-refractivity contribution in [2.75, 3.05) is 40.9 Å². The molecule has 0 heterocycles. The van der Waals surface area contributed by atoms with Gasteiger partial charge in [-0.15, -0.1) is 0 Å². The first kappa shape index (κ1) is 49.6. The van der Waals surface area contributed by atoms with Crippen molar-refractivity contribution in [2.45, 2.75) is 187 Å². The highest BCUT2D eigenvalue weighted by atomic mass is 31.2. The first-order chi connectivity index (χ1) is 24.4. The van der Waals surface area contributed by atoms with Crippen LogP contribution in [0.25, 0.3) is 0 Å². The number of phosphoric ester groups is 1. The molecular formula is C41H80N2O7P+. The summed E-state index contributed by atoms with van der Waals surface area (Å²) in [5.41, 5.74) is 0. The Balaban J connectivity index is 4.50. The van der Waals surface area contributed by atoms with E-state index < -0.39 is 20.0 Å². The molecule has 3 atom stereocenters. The number of hydrogen-bond acceptors (Lipinski definition) is 6. The summed E-state index contributed by atoms with van der Waals surface area (Å²) in [6.45, 7) is 4.68. The third-order valence-corrected chi connectivity index (χ3v) is 10.2. The van der Waals surface area contributed by atoms with Gasteiger partial charge in [0.2, 0.25) is 5.91 Å². The first-order valence-corrected chi connectivity index (χ1v) is 22.2. The number of carbonyl (C=O) groups excluding carboxylic acids is 2. The minimum absolute atomic E-state index is 0.0589. The van der Waals surface area contributed by atoms with E-state index in [1.165, 1.54) is 64.2 Å². The molecule has 0 aliphatic rings. The normalized spacial score (nSPS) is 14.6. The molecule has 9 nitrogen and oxygen atoms in total. The molecule has 1 amide bonds. The molecule has 0 aliphatic carbocycles. The molecule has 51 heavy (non-hydrogen) atoms. The molecule has 0 spiro atoms. The number of amides is 1. The summed E-state index contributed by atoms with van der Waals surface area (Å²) in [6.07, 6.45) is 33.1. The largest absolute Gasteiger partial charge is 0.472 e. The Kier molecular flexibility index (Phi) is 32.4. The van der Waals surface area contributed by atoms with Crippen LogP contribution in [-0.2, 0) is 23.2 Å². The molecule has 300 valence electrons. The van der Waals surface area contributed by atoms with Gasteiger partial charge in [0.05, 0.1) is 39.9 Å². The summed E-state index contributed by atoms with van der Waals surface area (Å²) < 4.78 is 23.5. The summed E-state index contributed by atoms with van der Waals surface area (Å²) >= 11 is 0. The predicted molar refractivity (Wildman–Crippen MR) is 213 cm³/mol. The maximum Gasteiger partial charge on any atom is 0.472 e. The molecule has 0 aromatic carbocycles. The number of unbranched alkanes of at least 4 members (excludes halogenated alkanes) is 19. The lowest BCUT2D eigenvalue weighted by molar-refractivity contribution is -0.870. The van der Waals surface area contributed by atoms with Gasteiger partial charge in [0.15, 0.2) is 5.78 Å². The van der Waals surface area contributed by atoms with Gasteiger partial charge in [0.25, 0.3) is 0 Å². The number of likely N-dealkylation sites (N-methyl/N-ethyl adjacent to an activating group) is 1. The lowest BCUT2D eigenvalue weighted by Gasteiger charge is -2.26. The number of ketones is 1. The quantitative estimate of drug-likeness (QED) is 0.0190. The Labute approximate surface area is 313 Å². The van der Waals surface area contributed by atoms with E-state index in [0.29, 0.717) is 30.3 Å². The minimum Gasteiger partial charge on any atom is -0.391 e. The number of hydrogen-bond donors (Lipinski definition) is 3. The Hall–Kier alpha value is -1.35. The average molecular weight is 744 g/mol. The lowest BCUT2D eigenvalue weighted by atomic mass is 10.0. The first-order valence-electron chi connectivity index (χ1n) is 20.7. The molecule has 0 saturated carbocycles. The van der Waals surface area contributed by atoms with Crippen LogP contribution in [0.1, 0.15) is 174 Å². The van der Waals surface area contributed by atoms with E-state index in [9.17, 15) is 24.2 Å². The molecule has 0 aliphatic heterocycles. The van der Waals surface area contributed by atoms with Crippen LogP contribution in [0, 0.1) is 0 Å². The van der Waals surface area contributed by atoms with Crippen LogP contribution in [0.3, 0.4) is 0 Å². The van der Waals surface area contributed by atoms with Gasteiger partial charge in [-0.2, -0.15) is 0 Å². The zero-order valence-corrected chi connectivity index (χ0v) is 34.5. The van der Waals surface area contributed by atoms with Crippen molar-refractivity contribution in [1.82, 2.24) is 5.32 Å². The van der Waals surface area contributed by atoms with E-state index in [1.54, 1.807) is 6.08 Å². The van der Waals surface area contributed by atoms with Crippen LogP contribution < -0.4 is 5.32 Å². The van der Waals surface area contributed by atoms with Crippen molar-refractivity contribution >= 4 is 19.5 Å². The van der Waals surface area contributed by atoms with Crippen molar-refractivity contribution in [2.24, 2.45) is 0 Å². The second-order valence-electron chi connectivity index (χ2n) is 15.4. The minimum atomic E-state index is -4.33. The van der Waals surface area contributed by atoms with Gasteiger partial charge in [0.1, 0.15) is 13.2 Å². The Morgan fingerprint density at radius 1 is 0.706 bits per heavy atom. The van der Waals surface area contributed by atoms with Crippen LogP contribution in [0.15, 0.2) is 24.3 Å². The van der Waals surface area contributed by atoms with Crippen LogP contribution in [-0.4, -0.2) is 79.2 Å². The van der Waals surface area contributed by atoms with E-state index in [1.807, 2.05) is 33.3 Å². The summed E-state index contributed by atoms with van der Waals surface area (Å²) in [5.74, 6) is -0.000497. The van der Waals surface area contributed by atoms with Gasteiger partial charge >= 0.3 is 7.82 Å². The zero-order valence-electron chi connectivity index (χ0n) is 33.6. The van der Waals surface area contributed by atoms with E-state index >= 15 is 0 Å². The number of aliphatic hydroxyl groups excluding tert-OH is 1. The highest BCUT2D eigenvalue weighted by molar-refractivity contribution is 7.47. The standard InChI is InChI=1S/C41H79N2O7P/c1-6-8-10-11-12-13-14-15-16-19-22-25-29-33-40(45)39(37-50-51(47,48)49-36-35-43(3,4)5)42-41(46)34-30-26-23-20-17-18-21-24-28-32-38(44)31-27-9-7-2/h21,24,28,32,39-40,45H,6-20,22-23,25-27,29-31,33-37H2,1-5H3,(H-,42,46,47,48)/p+1/b24-21-,32-28+/t39-,40+/m0/s1. The third-order valence-electron chi connectivity index (χ3n) is 9.18. The Bertz CT molecular complexity index is 951. The molecule has 0 bridgehead atoms. The maximum atomic E-state index is 12.8. The van der Waals surface area contributed by atoms with Crippen molar-refractivity contribution in [1.29, 1.82) is 0 Å². The fourth-order valence-corrected chi connectivity index (χ4v) is 6.53. The van der Waals surface area contributed by atoms with Gasteiger partial charge in [-0.25, -0.2) is 4.57 Å². The average Bonchev–Trinajstić information content (AvgIpc) is 3.06. The van der Waals surface area contributed by atoms with Crippen molar-refractivity contribution < 1.29 is 37.7 Å².